The third-order valence-corrected chi connectivity index (χ3v) is 5.59. The predicted octanol–water partition coefficient (Wildman–Crippen LogP) is 3.57. The molecule has 3 aromatic rings. The Kier molecular flexibility index (Phi) is 5.32. The Bertz CT molecular complexity index is 801. The zero-order valence-corrected chi connectivity index (χ0v) is 16.0. The van der Waals surface area contributed by atoms with E-state index in [1.165, 1.54) is 24.1 Å². The van der Waals surface area contributed by atoms with Crippen molar-refractivity contribution in [2.24, 2.45) is 0 Å². The van der Waals surface area contributed by atoms with Crippen LogP contribution >= 0.6 is 11.3 Å². The summed E-state index contributed by atoms with van der Waals surface area (Å²) in [7, 11) is 0. The Labute approximate surface area is 158 Å². The van der Waals surface area contributed by atoms with Gasteiger partial charge in [0.1, 0.15) is 0 Å². The maximum absolute atomic E-state index is 4.44. The summed E-state index contributed by atoms with van der Waals surface area (Å²) in [6, 6.07) is 11.5. The molecule has 136 valence electrons. The minimum atomic E-state index is 0.609. The van der Waals surface area contributed by atoms with Gasteiger partial charge in [-0.15, -0.1) is 11.3 Å². The molecular weight excluding hydrogens is 342 g/mol. The molecule has 1 aromatic carbocycles. The minimum Gasteiger partial charge on any atom is -0.371 e. The van der Waals surface area contributed by atoms with E-state index in [1.807, 2.05) is 17.1 Å². The van der Waals surface area contributed by atoms with Crippen LogP contribution in [0.4, 0.5) is 5.69 Å². The summed E-state index contributed by atoms with van der Waals surface area (Å²) in [5, 5.41) is 10.2. The molecule has 1 aliphatic heterocycles. The summed E-state index contributed by atoms with van der Waals surface area (Å²) < 4.78 is 2.02. The van der Waals surface area contributed by atoms with Crippen LogP contribution in [-0.4, -0.2) is 40.4 Å². The van der Waals surface area contributed by atoms with Crippen LogP contribution in [0.3, 0.4) is 0 Å². The normalized spacial score (nSPS) is 15.5. The molecular formula is C20H25N5S. The molecule has 2 aromatic heterocycles. The van der Waals surface area contributed by atoms with Crippen molar-refractivity contribution in [2.75, 3.05) is 24.5 Å². The van der Waals surface area contributed by atoms with E-state index in [2.05, 4.69) is 62.2 Å². The number of piperidine rings is 1. The van der Waals surface area contributed by atoms with Gasteiger partial charge in [-0.05, 0) is 38.0 Å². The van der Waals surface area contributed by atoms with Gasteiger partial charge in [-0.2, -0.15) is 5.10 Å². The van der Waals surface area contributed by atoms with Gasteiger partial charge in [0, 0.05) is 48.5 Å². The summed E-state index contributed by atoms with van der Waals surface area (Å²) in [5.41, 5.74) is 6.54. The van der Waals surface area contributed by atoms with Crippen LogP contribution in [-0.2, 0) is 6.54 Å². The van der Waals surface area contributed by atoms with Gasteiger partial charge >= 0.3 is 0 Å². The lowest BCUT2D eigenvalue weighted by Crippen LogP contribution is -2.43. The molecule has 0 atom stereocenters. The number of thiazole rings is 1. The van der Waals surface area contributed by atoms with Gasteiger partial charge in [0.05, 0.1) is 23.4 Å². The second-order valence-electron chi connectivity index (χ2n) is 6.86. The van der Waals surface area contributed by atoms with Gasteiger partial charge in [-0.3, -0.25) is 4.68 Å². The first-order valence-corrected chi connectivity index (χ1v) is 10.2. The van der Waals surface area contributed by atoms with Crippen molar-refractivity contribution in [3.05, 3.63) is 53.1 Å². The second kappa shape index (κ2) is 8.01. The number of benzene rings is 1. The molecule has 1 fully saturated rings. The highest BCUT2D eigenvalue weighted by Gasteiger charge is 2.19. The Balaban J connectivity index is 1.24. The van der Waals surface area contributed by atoms with E-state index in [-0.39, 0.29) is 0 Å². The molecule has 0 aliphatic carbocycles. The Morgan fingerprint density at radius 3 is 2.62 bits per heavy atom. The predicted molar refractivity (Wildman–Crippen MR) is 108 cm³/mol. The average molecular weight is 368 g/mol. The molecule has 3 heterocycles. The first kappa shape index (κ1) is 17.2. The first-order chi connectivity index (χ1) is 12.8. The Morgan fingerprint density at radius 1 is 1.15 bits per heavy atom. The molecule has 0 spiro atoms. The zero-order chi connectivity index (χ0) is 17.8. The van der Waals surface area contributed by atoms with Crippen LogP contribution in [0.5, 0.6) is 0 Å². The quantitative estimate of drug-likeness (QED) is 0.723. The molecule has 1 N–H and O–H groups in total. The SMILES string of the molecule is Cc1ccn(CCNC2CCN(c3ccc(-c4cscn4)cc3)CC2)n1. The Morgan fingerprint density at radius 2 is 1.96 bits per heavy atom. The van der Waals surface area contributed by atoms with Crippen molar-refractivity contribution in [1.29, 1.82) is 0 Å². The molecule has 0 radical (unpaired) electrons. The van der Waals surface area contributed by atoms with E-state index >= 15 is 0 Å². The van der Waals surface area contributed by atoms with Crippen molar-refractivity contribution in [3.63, 3.8) is 0 Å². The highest BCUT2D eigenvalue weighted by molar-refractivity contribution is 7.07. The summed E-state index contributed by atoms with van der Waals surface area (Å²) in [5.74, 6) is 0. The highest BCUT2D eigenvalue weighted by atomic mass is 32.1. The fraction of sp³-hybridized carbons (Fsp3) is 0.400. The van der Waals surface area contributed by atoms with Gasteiger partial charge in [-0.1, -0.05) is 12.1 Å². The van der Waals surface area contributed by atoms with Crippen LogP contribution in [0.25, 0.3) is 11.3 Å². The molecule has 0 amide bonds. The third kappa shape index (κ3) is 4.14. The van der Waals surface area contributed by atoms with Crippen LogP contribution in [0.2, 0.25) is 0 Å². The van der Waals surface area contributed by atoms with E-state index in [1.54, 1.807) is 11.3 Å². The molecule has 6 heteroatoms. The standard InChI is InChI=1S/C20H25N5S/c1-16-6-12-25(23-16)13-9-21-18-7-10-24(11-8-18)19-4-2-17(3-5-19)20-14-26-15-22-20/h2-6,12,14-15,18,21H,7-11,13H2,1H3. The number of anilines is 1. The van der Waals surface area contributed by atoms with Gasteiger partial charge in [0.15, 0.2) is 0 Å². The van der Waals surface area contributed by atoms with Crippen molar-refractivity contribution in [1.82, 2.24) is 20.1 Å². The van der Waals surface area contributed by atoms with Crippen LogP contribution in [0.15, 0.2) is 47.4 Å². The number of nitrogens with zero attached hydrogens (tertiary/aromatic N) is 4. The molecule has 1 aliphatic rings. The largest absolute Gasteiger partial charge is 0.371 e. The first-order valence-electron chi connectivity index (χ1n) is 9.25. The van der Waals surface area contributed by atoms with Gasteiger partial charge in [0.2, 0.25) is 0 Å². The molecule has 26 heavy (non-hydrogen) atoms. The lowest BCUT2D eigenvalue weighted by atomic mass is 10.0. The summed E-state index contributed by atoms with van der Waals surface area (Å²) in [4.78, 5) is 6.87. The molecule has 0 unspecified atom stereocenters. The van der Waals surface area contributed by atoms with E-state index < -0.39 is 0 Å². The van der Waals surface area contributed by atoms with Crippen LogP contribution < -0.4 is 10.2 Å². The molecule has 0 bridgehead atoms. The van der Waals surface area contributed by atoms with Crippen molar-refractivity contribution >= 4 is 17.0 Å². The lowest BCUT2D eigenvalue weighted by Gasteiger charge is -2.34. The topological polar surface area (TPSA) is 46.0 Å². The maximum atomic E-state index is 4.44. The fourth-order valence-corrected chi connectivity index (χ4v) is 4.07. The van der Waals surface area contributed by atoms with Crippen molar-refractivity contribution in [2.45, 2.75) is 32.4 Å². The monoisotopic (exact) mass is 367 g/mol. The minimum absolute atomic E-state index is 0.609. The van der Waals surface area contributed by atoms with E-state index in [0.29, 0.717) is 6.04 Å². The van der Waals surface area contributed by atoms with Gasteiger partial charge < -0.3 is 10.2 Å². The van der Waals surface area contributed by atoms with E-state index in [0.717, 1.165) is 37.6 Å². The zero-order valence-electron chi connectivity index (χ0n) is 15.1. The molecule has 0 saturated carbocycles. The van der Waals surface area contributed by atoms with Crippen LogP contribution in [0.1, 0.15) is 18.5 Å². The molecule has 1 saturated heterocycles. The number of aryl methyl sites for hydroxylation is 1. The smallest absolute Gasteiger partial charge is 0.0811 e. The third-order valence-electron chi connectivity index (χ3n) is 5.00. The average Bonchev–Trinajstić information content (AvgIpc) is 3.35. The highest BCUT2D eigenvalue weighted by Crippen LogP contribution is 2.25. The molecule has 4 rings (SSSR count). The van der Waals surface area contributed by atoms with Crippen LogP contribution in [0, 0.1) is 6.92 Å². The van der Waals surface area contributed by atoms with E-state index in [4.69, 9.17) is 0 Å². The molecule has 5 nitrogen and oxygen atoms in total. The lowest BCUT2D eigenvalue weighted by molar-refractivity contribution is 0.401. The Hall–Kier alpha value is -2.18. The number of aromatic nitrogens is 3. The summed E-state index contributed by atoms with van der Waals surface area (Å²) in [6.45, 7) is 6.16. The number of hydrogen-bond acceptors (Lipinski definition) is 5. The summed E-state index contributed by atoms with van der Waals surface area (Å²) >= 11 is 1.64. The number of nitrogens with one attached hydrogen (secondary N) is 1. The number of rotatable bonds is 6. The summed E-state index contributed by atoms with van der Waals surface area (Å²) in [6.07, 6.45) is 4.42. The van der Waals surface area contributed by atoms with Gasteiger partial charge in [-0.25, -0.2) is 4.98 Å². The number of hydrogen-bond donors (Lipinski definition) is 1. The van der Waals surface area contributed by atoms with Crippen molar-refractivity contribution < 1.29 is 0 Å². The van der Waals surface area contributed by atoms with E-state index in [9.17, 15) is 0 Å². The fourth-order valence-electron chi connectivity index (χ4n) is 3.51. The second-order valence-corrected chi connectivity index (χ2v) is 7.57. The van der Waals surface area contributed by atoms with Crippen molar-refractivity contribution in [3.8, 4) is 11.3 Å². The van der Waals surface area contributed by atoms with Gasteiger partial charge in [0.25, 0.3) is 0 Å². The maximum Gasteiger partial charge on any atom is 0.0811 e.